The highest BCUT2D eigenvalue weighted by Gasteiger charge is 2.25. The number of carbonyl (C=O) groups is 1. The maximum absolute atomic E-state index is 12.3. The van der Waals surface area contributed by atoms with Crippen LogP contribution in [0.15, 0.2) is 48.9 Å². The summed E-state index contributed by atoms with van der Waals surface area (Å²) in [6.45, 7) is 1.85. The van der Waals surface area contributed by atoms with E-state index >= 15 is 0 Å². The van der Waals surface area contributed by atoms with Gasteiger partial charge in [-0.2, -0.15) is 0 Å². The molecule has 6 heteroatoms. The van der Waals surface area contributed by atoms with Crippen molar-refractivity contribution >= 4 is 6.03 Å². The van der Waals surface area contributed by atoms with Crippen molar-refractivity contribution in [3.8, 4) is 5.88 Å². The lowest BCUT2D eigenvalue weighted by atomic mass is 10.1. The van der Waals surface area contributed by atoms with Gasteiger partial charge in [0.15, 0.2) is 0 Å². The second kappa shape index (κ2) is 7.58. The number of likely N-dealkylation sites (tertiary alicyclic amines) is 1. The van der Waals surface area contributed by atoms with E-state index < -0.39 is 0 Å². The normalized spacial score (nSPS) is 17.6. The Labute approximate surface area is 135 Å². The van der Waals surface area contributed by atoms with Crippen molar-refractivity contribution in [3.05, 3.63) is 54.5 Å². The summed E-state index contributed by atoms with van der Waals surface area (Å²) in [5.41, 5.74) is 1.09. The first kappa shape index (κ1) is 15.3. The van der Waals surface area contributed by atoms with Gasteiger partial charge in [-0.3, -0.25) is 4.98 Å². The van der Waals surface area contributed by atoms with E-state index in [0.717, 1.165) is 24.9 Å². The van der Waals surface area contributed by atoms with E-state index in [4.69, 9.17) is 4.74 Å². The summed E-state index contributed by atoms with van der Waals surface area (Å²) in [5, 5.41) is 2.96. The van der Waals surface area contributed by atoms with Crippen molar-refractivity contribution in [2.45, 2.75) is 25.5 Å². The Morgan fingerprint density at radius 1 is 1.30 bits per heavy atom. The van der Waals surface area contributed by atoms with Crippen molar-refractivity contribution in [2.24, 2.45) is 0 Å². The van der Waals surface area contributed by atoms with Crippen LogP contribution < -0.4 is 10.1 Å². The van der Waals surface area contributed by atoms with Gasteiger partial charge < -0.3 is 15.0 Å². The van der Waals surface area contributed by atoms with Crippen LogP contribution in [0.25, 0.3) is 0 Å². The van der Waals surface area contributed by atoms with Crippen LogP contribution in [0.1, 0.15) is 18.4 Å². The Hall–Kier alpha value is -2.63. The Kier molecular flexibility index (Phi) is 5.03. The molecule has 1 aromatic carbocycles. The summed E-state index contributed by atoms with van der Waals surface area (Å²) in [6, 6.07) is 9.83. The van der Waals surface area contributed by atoms with Gasteiger partial charge in [0.25, 0.3) is 0 Å². The minimum atomic E-state index is -0.0544. The van der Waals surface area contributed by atoms with Gasteiger partial charge in [0.2, 0.25) is 5.88 Å². The molecule has 2 heterocycles. The molecule has 1 aliphatic rings. The summed E-state index contributed by atoms with van der Waals surface area (Å²) in [5.74, 6) is 0.504. The minimum Gasteiger partial charge on any atom is -0.471 e. The van der Waals surface area contributed by atoms with Gasteiger partial charge in [-0.05, 0) is 18.4 Å². The Morgan fingerprint density at radius 3 is 2.96 bits per heavy atom. The van der Waals surface area contributed by atoms with Gasteiger partial charge in [-0.25, -0.2) is 9.78 Å². The molecule has 1 N–H and O–H groups in total. The Morgan fingerprint density at radius 2 is 2.17 bits per heavy atom. The maximum Gasteiger partial charge on any atom is 0.317 e. The molecule has 2 amide bonds. The van der Waals surface area contributed by atoms with Gasteiger partial charge in [0.05, 0.1) is 12.7 Å². The fraction of sp³-hybridized carbons (Fsp3) is 0.353. The standard InChI is InChI=1S/C17H20N4O2/c22-17(20-11-14-5-2-1-3-6-14)21-10-4-7-15(13-21)23-16-12-18-8-9-19-16/h1-3,5-6,8-9,12,15H,4,7,10-11,13H2,(H,20,22). The molecule has 1 atom stereocenters. The van der Waals surface area contributed by atoms with Crippen LogP contribution in [0.3, 0.4) is 0 Å². The zero-order chi connectivity index (χ0) is 15.9. The predicted molar refractivity (Wildman–Crippen MR) is 85.9 cm³/mol. The average Bonchev–Trinajstić information content (AvgIpc) is 2.62. The number of benzene rings is 1. The number of piperidine rings is 1. The maximum atomic E-state index is 12.3. The first-order valence-corrected chi connectivity index (χ1v) is 7.80. The molecular weight excluding hydrogens is 292 g/mol. The third kappa shape index (κ3) is 4.42. The molecule has 0 bridgehead atoms. The highest BCUT2D eigenvalue weighted by atomic mass is 16.5. The van der Waals surface area contributed by atoms with Crippen molar-refractivity contribution in [1.82, 2.24) is 20.2 Å². The first-order valence-electron chi connectivity index (χ1n) is 7.80. The third-order valence-electron chi connectivity index (χ3n) is 3.78. The van der Waals surface area contributed by atoms with Crippen molar-refractivity contribution in [3.63, 3.8) is 0 Å². The number of hydrogen-bond acceptors (Lipinski definition) is 4. The molecule has 0 radical (unpaired) electrons. The molecule has 1 fully saturated rings. The molecule has 6 nitrogen and oxygen atoms in total. The summed E-state index contributed by atoms with van der Waals surface area (Å²) >= 11 is 0. The van der Waals surface area contributed by atoms with Crippen LogP contribution in [0, 0.1) is 0 Å². The largest absolute Gasteiger partial charge is 0.471 e. The fourth-order valence-corrected chi connectivity index (χ4v) is 2.62. The Balaban J connectivity index is 1.50. The number of nitrogens with zero attached hydrogens (tertiary/aromatic N) is 3. The molecule has 1 aliphatic heterocycles. The number of rotatable bonds is 4. The number of urea groups is 1. The molecule has 2 aromatic rings. The monoisotopic (exact) mass is 312 g/mol. The number of nitrogens with one attached hydrogen (secondary N) is 1. The quantitative estimate of drug-likeness (QED) is 0.940. The lowest BCUT2D eigenvalue weighted by molar-refractivity contribution is 0.0974. The predicted octanol–water partition coefficient (Wildman–Crippen LogP) is 2.23. The smallest absolute Gasteiger partial charge is 0.317 e. The van der Waals surface area contributed by atoms with Crippen LogP contribution in [-0.2, 0) is 6.54 Å². The molecule has 0 spiro atoms. The SMILES string of the molecule is O=C(NCc1ccccc1)N1CCCC(Oc2cnccn2)C1. The molecule has 0 saturated carbocycles. The number of amides is 2. The van der Waals surface area contributed by atoms with Gasteiger partial charge in [0, 0.05) is 25.5 Å². The molecule has 3 rings (SSSR count). The van der Waals surface area contributed by atoms with Gasteiger partial charge in [-0.15, -0.1) is 0 Å². The summed E-state index contributed by atoms with van der Waals surface area (Å²) < 4.78 is 5.80. The lowest BCUT2D eigenvalue weighted by Crippen LogP contribution is -2.48. The molecule has 23 heavy (non-hydrogen) atoms. The van der Waals surface area contributed by atoms with E-state index in [1.807, 2.05) is 30.3 Å². The molecule has 1 aromatic heterocycles. The van der Waals surface area contributed by atoms with Gasteiger partial charge >= 0.3 is 6.03 Å². The number of hydrogen-bond donors (Lipinski definition) is 1. The van der Waals surface area contributed by atoms with E-state index in [1.165, 1.54) is 0 Å². The highest BCUT2D eigenvalue weighted by molar-refractivity contribution is 5.74. The Bertz CT molecular complexity index is 621. The van der Waals surface area contributed by atoms with E-state index in [1.54, 1.807) is 23.5 Å². The first-order chi connectivity index (χ1) is 11.3. The fourth-order valence-electron chi connectivity index (χ4n) is 2.62. The van der Waals surface area contributed by atoms with E-state index in [-0.39, 0.29) is 12.1 Å². The van der Waals surface area contributed by atoms with Crippen LogP contribution in [0.2, 0.25) is 0 Å². The van der Waals surface area contributed by atoms with Crippen LogP contribution in [-0.4, -0.2) is 40.1 Å². The number of carbonyl (C=O) groups excluding carboxylic acids is 1. The van der Waals surface area contributed by atoms with Crippen molar-refractivity contribution in [2.75, 3.05) is 13.1 Å². The molecule has 1 saturated heterocycles. The number of ether oxygens (including phenoxy) is 1. The second-order valence-electron chi connectivity index (χ2n) is 5.52. The topological polar surface area (TPSA) is 67.4 Å². The van der Waals surface area contributed by atoms with Crippen LogP contribution >= 0.6 is 0 Å². The van der Waals surface area contributed by atoms with Gasteiger partial charge in [0.1, 0.15) is 6.10 Å². The summed E-state index contributed by atoms with van der Waals surface area (Å²) in [4.78, 5) is 22.2. The highest BCUT2D eigenvalue weighted by Crippen LogP contribution is 2.16. The second-order valence-corrected chi connectivity index (χ2v) is 5.52. The van der Waals surface area contributed by atoms with E-state index in [0.29, 0.717) is 19.0 Å². The molecule has 0 aliphatic carbocycles. The molecular formula is C17H20N4O2. The minimum absolute atomic E-state index is 0.0390. The summed E-state index contributed by atoms with van der Waals surface area (Å²) in [6.07, 6.45) is 6.60. The van der Waals surface area contributed by atoms with E-state index in [2.05, 4.69) is 15.3 Å². The zero-order valence-corrected chi connectivity index (χ0v) is 12.9. The van der Waals surface area contributed by atoms with Crippen molar-refractivity contribution in [1.29, 1.82) is 0 Å². The van der Waals surface area contributed by atoms with Crippen LogP contribution in [0.4, 0.5) is 4.79 Å². The van der Waals surface area contributed by atoms with Gasteiger partial charge in [-0.1, -0.05) is 30.3 Å². The lowest BCUT2D eigenvalue weighted by Gasteiger charge is -2.32. The molecule has 120 valence electrons. The van der Waals surface area contributed by atoms with Crippen LogP contribution in [0.5, 0.6) is 5.88 Å². The molecule has 1 unspecified atom stereocenters. The average molecular weight is 312 g/mol. The third-order valence-corrected chi connectivity index (χ3v) is 3.78. The van der Waals surface area contributed by atoms with Crippen molar-refractivity contribution < 1.29 is 9.53 Å². The number of aromatic nitrogens is 2. The van der Waals surface area contributed by atoms with E-state index in [9.17, 15) is 4.79 Å². The summed E-state index contributed by atoms with van der Waals surface area (Å²) in [7, 11) is 0. The zero-order valence-electron chi connectivity index (χ0n) is 12.9.